The molecule has 118 valence electrons. The molecular formula is C17H29N3O. The smallest absolute Gasteiger partial charge is 0.0594 e. The number of rotatable bonds is 6. The van der Waals surface area contributed by atoms with Gasteiger partial charge in [-0.05, 0) is 32.3 Å². The molecule has 0 aliphatic carbocycles. The minimum atomic E-state index is 0.0451. The van der Waals surface area contributed by atoms with E-state index in [9.17, 15) is 0 Å². The highest BCUT2D eigenvalue weighted by molar-refractivity contribution is 5.23. The summed E-state index contributed by atoms with van der Waals surface area (Å²) in [6, 6.07) is 8.97. The molecule has 2 atom stereocenters. The molecule has 4 heteroatoms. The van der Waals surface area contributed by atoms with Crippen LogP contribution in [-0.2, 0) is 11.2 Å². The van der Waals surface area contributed by atoms with Crippen LogP contribution < -0.4 is 11.3 Å². The van der Waals surface area contributed by atoms with Crippen molar-refractivity contribution >= 4 is 0 Å². The Morgan fingerprint density at radius 3 is 2.43 bits per heavy atom. The second kappa shape index (κ2) is 7.36. The lowest BCUT2D eigenvalue weighted by Crippen LogP contribution is -2.63. The van der Waals surface area contributed by atoms with E-state index >= 15 is 0 Å². The average Bonchev–Trinajstić information content (AvgIpc) is 2.54. The van der Waals surface area contributed by atoms with E-state index in [0.717, 1.165) is 39.1 Å². The summed E-state index contributed by atoms with van der Waals surface area (Å²) in [6.45, 7) is 10.3. The SMILES string of the molecule is CCC(C)(C(Cc1ccc(C)cc1)NN)N1CCOCC1. The number of ether oxygens (including phenoxy) is 1. The molecule has 0 bridgehead atoms. The summed E-state index contributed by atoms with van der Waals surface area (Å²) in [5.41, 5.74) is 5.74. The van der Waals surface area contributed by atoms with E-state index in [1.54, 1.807) is 0 Å². The molecule has 0 spiro atoms. The molecule has 2 unspecified atom stereocenters. The van der Waals surface area contributed by atoms with Gasteiger partial charge in [-0.15, -0.1) is 0 Å². The highest BCUT2D eigenvalue weighted by atomic mass is 16.5. The Hall–Kier alpha value is -0.940. The van der Waals surface area contributed by atoms with E-state index in [2.05, 4.69) is 55.4 Å². The second-order valence-electron chi connectivity index (χ2n) is 6.22. The van der Waals surface area contributed by atoms with Crippen LogP contribution in [0, 0.1) is 6.92 Å². The van der Waals surface area contributed by atoms with Crippen molar-refractivity contribution in [1.29, 1.82) is 0 Å². The molecule has 21 heavy (non-hydrogen) atoms. The molecule has 1 heterocycles. The van der Waals surface area contributed by atoms with Crippen LogP contribution in [0.4, 0.5) is 0 Å². The number of hydrogen-bond acceptors (Lipinski definition) is 4. The third-order valence-corrected chi connectivity index (χ3v) is 4.96. The quantitative estimate of drug-likeness (QED) is 0.620. The second-order valence-corrected chi connectivity index (χ2v) is 6.22. The lowest BCUT2D eigenvalue weighted by atomic mass is 9.83. The largest absolute Gasteiger partial charge is 0.379 e. The zero-order chi connectivity index (χ0) is 15.3. The van der Waals surface area contributed by atoms with E-state index in [1.165, 1.54) is 11.1 Å². The first-order valence-corrected chi connectivity index (χ1v) is 7.94. The van der Waals surface area contributed by atoms with Crippen molar-refractivity contribution in [3.63, 3.8) is 0 Å². The van der Waals surface area contributed by atoms with Crippen LogP contribution in [0.25, 0.3) is 0 Å². The van der Waals surface area contributed by atoms with Gasteiger partial charge in [0.1, 0.15) is 0 Å². The molecule has 0 amide bonds. The molecule has 0 saturated carbocycles. The Morgan fingerprint density at radius 2 is 1.90 bits per heavy atom. The number of benzene rings is 1. The summed E-state index contributed by atoms with van der Waals surface area (Å²) in [6.07, 6.45) is 2.01. The summed E-state index contributed by atoms with van der Waals surface area (Å²) in [7, 11) is 0. The standard InChI is InChI=1S/C17H29N3O/c1-4-17(3,20-9-11-21-12-10-20)16(19-18)13-15-7-5-14(2)6-8-15/h5-8,16,19H,4,9-13,18H2,1-3H3. The topological polar surface area (TPSA) is 50.5 Å². The zero-order valence-corrected chi connectivity index (χ0v) is 13.6. The molecular weight excluding hydrogens is 262 g/mol. The van der Waals surface area contributed by atoms with Crippen LogP contribution in [-0.4, -0.2) is 42.8 Å². The van der Waals surface area contributed by atoms with Crippen molar-refractivity contribution < 1.29 is 4.74 Å². The highest BCUT2D eigenvalue weighted by Gasteiger charge is 2.38. The Labute approximate surface area is 128 Å². The van der Waals surface area contributed by atoms with Crippen LogP contribution in [0.1, 0.15) is 31.4 Å². The summed E-state index contributed by atoms with van der Waals surface area (Å²) in [5, 5.41) is 0. The number of aryl methyl sites for hydroxylation is 1. The van der Waals surface area contributed by atoms with Gasteiger partial charge in [-0.2, -0.15) is 0 Å². The van der Waals surface area contributed by atoms with Gasteiger partial charge in [-0.3, -0.25) is 16.2 Å². The average molecular weight is 291 g/mol. The summed E-state index contributed by atoms with van der Waals surface area (Å²) >= 11 is 0. The van der Waals surface area contributed by atoms with E-state index < -0.39 is 0 Å². The van der Waals surface area contributed by atoms with E-state index in [-0.39, 0.29) is 11.6 Å². The summed E-state index contributed by atoms with van der Waals surface area (Å²) < 4.78 is 5.49. The molecule has 1 aliphatic heterocycles. The van der Waals surface area contributed by atoms with Crippen molar-refractivity contribution in [3.8, 4) is 0 Å². The van der Waals surface area contributed by atoms with Crippen LogP contribution in [0.3, 0.4) is 0 Å². The minimum absolute atomic E-state index is 0.0451. The molecule has 1 fully saturated rings. The predicted molar refractivity (Wildman–Crippen MR) is 87.1 cm³/mol. The molecule has 1 aromatic rings. The number of hydrazine groups is 1. The lowest BCUT2D eigenvalue weighted by Gasteiger charge is -2.47. The van der Waals surface area contributed by atoms with Crippen LogP contribution in [0.15, 0.2) is 24.3 Å². The summed E-state index contributed by atoms with van der Waals surface area (Å²) in [4.78, 5) is 2.52. The van der Waals surface area contributed by atoms with Crippen molar-refractivity contribution in [3.05, 3.63) is 35.4 Å². The first-order valence-electron chi connectivity index (χ1n) is 7.94. The van der Waals surface area contributed by atoms with Crippen LogP contribution in [0.5, 0.6) is 0 Å². The Balaban J connectivity index is 2.13. The number of hydrogen-bond donors (Lipinski definition) is 2. The van der Waals surface area contributed by atoms with Crippen molar-refractivity contribution in [2.75, 3.05) is 26.3 Å². The number of nitrogens with zero attached hydrogens (tertiary/aromatic N) is 1. The zero-order valence-electron chi connectivity index (χ0n) is 13.6. The van der Waals surface area contributed by atoms with Crippen molar-refractivity contribution in [2.24, 2.45) is 5.84 Å². The molecule has 0 aromatic heterocycles. The fourth-order valence-corrected chi connectivity index (χ4v) is 3.18. The molecule has 1 saturated heterocycles. The van der Waals surface area contributed by atoms with Crippen LogP contribution >= 0.6 is 0 Å². The first-order chi connectivity index (χ1) is 10.1. The third-order valence-electron chi connectivity index (χ3n) is 4.96. The molecule has 0 radical (unpaired) electrons. The maximum absolute atomic E-state index is 5.91. The van der Waals surface area contributed by atoms with Gasteiger partial charge in [0.05, 0.1) is 13.2 Å². The Bertz CT molecular complexity index is 428. The van der Waals surface area contributed by atoms with Gasteiger partial charge in [-0.1, -0.05) is 36.8 Å². The van der Waals surface area contributed by atoms with Gasteiger partial charge in [0.15, 0.2) is 0 Å². The fourth-order valence-electron chi connectivity index (χ4n) is 3.18. The minimum Gasteiger partial charge on any atom is -0.379 e. The lowest BCUT2D eigenvalue weighted by molar-refractivity contribution is -0.0322. The first kappa shape index (κ1) is 16.4. The highest BCUT2D eigenvalue weighted by Crippen LogP contribution is 2.27. The van der Waals surface area contributed by atoms with Crippen molar-refractivity contribution in [2.45, 2.75) is 45.2 Å². The van der Waals surface area contributed by atoms with E-state index in [0.29, 0.717) is 0 Å². The fraction of sp³-hybridized carbons (Fsp3) is 0.647. The normalized spacial score (nSPS) is 21.0. The Morgan fingerprint density at radius 1 is 1.29 bits per heavy atom. The number of nitrogens with one attached hydrogen (secondary N) is 1. The number of morpholine rings is 1. The predicted octanol–water partition coefficient (Wildman–Crippen LogP) is 1.87. The molecule has 1 aliphatic rings. The van der Waals surface area contributed by atoms with Gasteiger partial charge < -0.3 is 4.74 Å². The monoisotopic (exact) mass is 291 g/mol. The van der Waals surface area contributed by atoms with Gasteiger partial charge in [0.25, 0.3) is 0 Å². The van der Waals surface area contributed by atoms with Gasteiger partial charge in [0, 0.05) is 24.7 Å². The van der Waals surface area contributed by atoms with E-state index in [4.69, 9.17) is 10.6 Å². The molecule has 3 N–H and O–H groups in total. The van der Waals surface area contributed by atoms with Gasteiger partial charge >= 0.3 is 0 Å². The molecule has 2 rings (SSSR count). The molecule has 1 aromatic carbocycles. The third kappa shape index (κ3) is 3.83. The maximum Gasteiger partial charge on any atom is 0.0594 e. The number of nitrogens with two attached hydrogens (primary N) is 1. The van der Waals surface area contributed by atoms with Crippen molar-refractivity contribution in [1.82, 2.24) is 10.3 Å². The summed E-state index contributed by atoms with van der Waals surface area (Å²) in [5.74, 6) is 5.91. The maximum atomic E-state index is 5.91. The Kier molecular flexibility index (Phi) is 5.76. The van der Waals surface area contributed by atoms with Gasteiger partial charge in [0.2, 0.25) is 0 Å². The van der Waals surface area contributed by atoms with E-state index in [1.807, 2.05) is 0 Å². The van der Waals surface area contributed by atoms with Gasteiger partial charge in [-0.25, -0.2) is 0 Å². The molecule has 4 nitrogen and oxygen atoms in total. The van der Waals surface area contributed by atoms with Crippen LogP contribution in [0.2, 0.25) is 0 Å².